The number of hydrogen-bond donors (Lipinski definition) is 2. The second-order valence-electron chi connectivity index (χ2n) is 2.12. The summed E-state index contributed by atoms with van der Waals surface area (Å²) in [7, 11) is 1.16. The zero-order valence-electron chi connectivity index (χ0n) is 7.57. The Morgan fingerprint density at radius 2 is 2.15 bits per heavy atom. The maximum absolute atomic E-state index is 10.8. The van der Waals surface area contributed by atoms with Crippen molar-refractivity contribution in [1.82, 2.24) is 5.32 Å². The first-order valence-corrected chi connectivity index (χ1v) is 3.77. The molecule has 0 saturated carbocycles. The van der Waals surface area contributed by atoms with E-state index in [9.17, 15) is 9.59 Å². The van der Waals surface area contributed by atoms with E-state index in [1.165, 1.54) is 0 Å². The lowest BCUT2D eigenvalue weighted by atomic mass is 10.3. The van der Waals surface area contributed by atoms with Crippen molar-refractivity contribution in [2.75, 3.05) is 20.3 Å². The van der Waals surface area contributed by atoms with Gasteiger partial charge in [-0.05, 0) is 6.92 Å². The number of carbonyl (C=O) groups is 2. The van der Waals surface area contributed by atoms with E-state index in [1.807, 2.05) is 0 Å². The van der Waals surface area contributed by atoms with Crippen LogP contribution in [0, 0.1) is 0 Å². The van der Waals surface area contributed by atoms with Crippen molar-refractivity contribution in [2.24, 2.45) is 0 Å². The second-order valence-corrected chi connectivity index (χ2v) is 2.12. The third-order valence-corrected chi connectivity index (χ3v) is 1.24. The molecule has 76 valence electrons. The number of nitrogens with one attached hydrogen (secondary N) is 1. The van der Waals surface area contributed by atoms with Gasteiger partial charge in [0.05, 0.1) is 20.3 Å². The van der Waals surface area contributed by atoms with E-state index in [0.29, 0.717) is 0 Å². The molecule has 0 aromatic heterocycles. The van der Waals surface area contributed by atoms with Crippen molar-refractivity contribution in [3.05, 3.63) is 0 Å². The van der Waals surface area contributed by atoms with Gasteiger partial charge in [-0.2, -0.15) is 0 Å². The Kier molecular flexibility index (Phi) is 5.62. The normalized spacial score (nSPS) is 11.6. The smallest absolute Gasteiger partial charge is 0.407 e. The van der Waals surface area contributed by atoms with E-state index in [-0.39, 0.29) is 6.61 Å². The highest BCUT2D eigenvalue weighted by Gasteiger charge is 2.20. The first-order chi connectivity index (χ1) is 6.15. The molecule has 0 radical (unpaired) electrons. The fourth-order valence-corrected chi connectivity index (χ4v) is 0.636. The molecular weight excluding hydrogens is 178 g/mol. The van der Waals surface area contributed by atoms with Gasteiger partial charge in [0.15, 0.2) is 6.04 Å². The van der Waals surface area contributed by atoms with Crippen LogP contribution in [0.25, 0.3) is 0 Å². The Morgan fingerprint density at radius 3 is 2.54 bits per heavy atom. The summed E-state index contributed by atoms with van der Waals surface area (Å²) in [5.74, 6) is -0.712. The molecule has 0 aliphatic rings. The summed E-state index contributed by atoms with van der Waals surface area (Å²) >= 11 is 0. The van der Waals surface area contributed by atoms with Gasteiger partial charge in [-0.25, -0.2) is 9.59 Å². The van der Waals surface area contributed by atoms with Crippen LogP contribution in [0.5, 0.6) is 0 Å². The Labute approximate surface area is 75.8 Å². The van der Waals surface area contributed by atoms with Gasteiger partial charge in [0.2, 0.25) is 0 Å². The molecule has 0 saturated heterocycles. The predicted molar refractivity (Wildman–Crippen MR) is 43.0 cm³/mol. The van der Waals surface area contributed by atoms with Crippen LogP contribution < -0.4 is 5.32 Å². The van der Waals surface area contributed by atoms with E-state index < -0.39 is 24.7 Å². The number of methoxy groups -OCH3 is 1. The lowest BCUT2D eigenvalue weighted by molar-refractivity contribution is -0.144. The standard InChI is InChI=1S/C7H13NO5/c1-3-13-7(11)8-5(4-9)6(10)12-2/h5,9H,3-4H2,1-2H3,(H,8,11). The van der Waals surface area contributed by atoms with Crippen LogP contribution in [0.2, 0.25) is 0 Å². The number of esters is 1. The molecule has 0 rings (SSSR count). The van der Waals surface area contributed by atoms with Gasteiger partial charge < -0.3 is 19.9 Å². The molecule has 0 fully saturated rings. The molecule has 1 unspecified atom stereocenters. The van der Waals surface area contributed by atoms with E-state index in [2.05, 4.69) is 14.8 Å². The van der Waals surface area contributed by atoms with Gasteiger partial charge in [0.25, 0.3) is 0 Å². The third kappa shape index (κ3) is 4.32. The summed E-state index contributed by atoms with van der Waals surface area (Å²) in [5.41, 5.74) is 0. The first kappa shape index (κ1) is 11.7. The monoisotopic (exact) mass is 191 g/mol. The molecule has 0 aromatic carbocycles. The van der Waals surface area contributed by atoms with Gasteiger partial charge >= 0.3 is 12.1 Å². The molecule has 0 heterocycles. The highest BCUT2D eigenvalue weighted by Crippen LogP contribution is 1.88. The molecule has 13 heavy (non-hydrogen) atoms. The number of hydrogen-bond acceptors (Lipinski definition) is 5. The number of ether oxygens (including phenoxy) is 2. The number of rotatable bonds is 4. The van der Waals surface area contributed by atoms with E-state index >= 15 is 0 Å². The highest BCUT2D eigenvalue weighted by molar-refractivity contribution is 5.81. The zero-order valence-corrected chi connectivity index (χ0v) is 7.57. The highest BCUT2D eigenvalue weighted by atomic mass is 16.6. The summed E-state index contributed by atoms with van der Waals surface area (Å²) in [5, 5.41) is 10.8. The quantitative estimate of drug-likeness (QED) is 0.572. The summed E-state index contributed by atoms with van der Waals surface area (Å²) in [6.45, 7) is 1.31. The van der Waals surface area contributed by atoms with Crippen LogP contribution in [0.3, 0.4) is 0 Å². The number of aliphatic hydroxyl groups is 1. The van der Waals surface area contributed by atoms with Crippen LogP contribution in [-0.4, -0.2) is 43.5 Å². The second kappa shape index (κ2) is 6.24. The third-order valence-electron chi connectivity index (χ3n) is 1.24. The van der Waals surface area contributed by atoms with Gasteiger partial charge in [-0.1, -0.05) is 0 Å². The van der Waals surface area contributed by atoms with Crippen LogP contribution in [0.4, 0.5) is 4.79 Å². The van der Waals surface area contributed by atoms with Gasteiger partial charge in [0.1, 0.15) is 0 Å². The van der Waals surface area contributed by atoms with Crippen molar-refractivity contribution >= 4 is 12.1 Å². The van der Waals surface area contributed by atoms with Crippen molar-refractivity contribution in [2.45, 2.75) is 13.0 Å². The predicted octanol–water partition coefficient (Wildman–Crippen LogP) is -0.734. The van der Waals surface area contributed by atoms with Crippen LogP contribution in [0.1, 0.15) is 6.92 Å². The molecule has 6 nitrogen and oxygen atoms in total. The largest absolute Gasteiger partial charge is 0.467 e. The molecule has 1 amide bonds. The van der Waals surface area contributed by atoms with Crippen molar-refractivity contribution in [3.8, 4) is 0 Å². The SMILES string of the molecule is CCOC(=O)NC(CO)C(=O)OC. The molecule has 0 aromatic rings. The number of amides is 1. The summed E-state index contributed by atoms with van der Waals surface area (Å²) < 4.78 is 8.81. The summed E-state index contributed by atoms with van der Waals surface area (Å²) in [6, 6.07) is -1.07. The fourth-order valence-electron chi connectivity index (χ4n) is 0.636. The number of aliphatic hydroxyl groups excluding tert-OH is 1. The van der Waals surface area contributed by atoms with Crippen LogP contribution in [0.15, 0.2) is 0 Å². The Hall–Kier alpha value is -1.30. The number of carbonyl (C=O) groups excluding carboxylic acids is 2. The number of alkyl carbamates (subject to hydrolysis) is 1. The molecule has 0 bridgehead atoms. The lowest BCUT2D eigenvalue weighted by Crippen LogP contribution is -2.44. The zero-order chi connectivity index (χ0) is 10.3. The Balaban J connectivity index is 3.97. The fraction of sp³-hybridized carbons (Fsp3) is 0.714. The summed E-state index contributed by atoms with van der Waals surface area (Å²) in [4.78, 5) is 21.6. The van der Waals surface area contributed by atoms with E-state index in [1.54, 1.807) is 6.92 Å². The molecule has 2 N–H and O–H groups in total. The maximum Gasteiger partial charge on any atom is 0.407 e. The Bertz CT molecular complexity index is 182. The van der Waals surface area contributed by atoms with Crippen molar-refractivity contribution < 1.29 is 24.2 Å². The molecule has 0 spiro atoms. The van der Waals surface area contributed by atoms with E-state index in [4.69, 9.17) is 5.11 Å². The van der Waals surface area contributed by atoms with Crippen molar-refractivity contribution in [3.63, 3.8) is 0 Å². The molecule has 0 aliphatic heterocycles. The molecule has 0 aliphatic carbocycles. The minimum atomic E-state index is -1.07. The minimum Gasteiger partial charge on any atom is -0.467 e. The first-order valence-electron chi connectivity index (χ1n) is 3.77. The lowest BCUT2D eigenvalue weighted by Gasteiger charge is -2.12. The Morgan fingerprint density at radius 1 is 1.54 bits per heavy atom. The maximum atomic E-state index is 10.8. The van der Waals surface area contributed by atoms with Gasteiger partial charge in [0, 0.05) is 0 Å². The summed E-state index contributed by atoms with van der Waals surface area (Å²) in [6.07, 6.45) is -0.757. The average molecular weight is 191 g/mol. The molecule has 6 heteroatoms. The van der Waals surface area contributed by atoms with E-state index in [0.717, 1.165) is 7.11 Å². The minimum absolute atomic E-state index is 0.200. The van der Waals surface area contributed by atoms with Crippen molar-refractivity contribution in [1.29, 1.82) is 0 Å². The average Bonchev–Trinajstić information content (AvgIpc) is 2.13. The molecular formula is C7H13NO5. The molecule has 1 atom stereocenters. The van der Waals surface area contributed by atoms with Gasteiger partial charge in [-0.3, -0.25) is 0 Å². The van der Waals surface area contributed by atoms with Gasteiger partial charge in [-0.15, -0.1) is 0 Å². The van der Waals surface area contributed by atoms with Crippen LogP contribution >= 0.6 is 0 Å². The topological polar surface area (TPSA) is 84.9 Å². The van der Waals surface area contributed by atoms with Crippen LogP contribution in [-0.2, 0) is 14.3 Å².